The van der Waals surface area contributed by atoms with E-state index in [9.17, 15) is 32.7 Å². The van der Waals surface area contributed by atoms with Gasteiger partial charge in [-0.15, -0.1) is 0 Å². The van der Waals surface area contributed by atoms with Gasteiger partial charge in [0.2, 0.25) is 11.8 Å². The van der Waals surface area contributed by atoms with Crippen molar-refractivity contribution < 1.29 is 42.1 Å². The third-order valence-electron chi connectivity index (χ3n) is 7.00. The summed E-state index contributed by atoms with van der Waals surface area (Å²) in [5.41, 5.74) is -1.25. The number of aromatic carboxylic acids is 1. The molecule has 1 fully saturated rings. The highest BCUT2D eigenvalue weighted by atomic mass is 19.4. The zero-order valence-electron chi connectivity index (χ0n) is 23.8. The molecule has 0 unspecified atom stereocenters. The summed E-state index contributed by atoms with van der Waals surface area (Å²) in [6.07, 6.45) is -1.17. The third-order valence-corrected chi connectivity index (χ3v) is 7.00. The lowest BCUT2D eigenvalue weighted by molar-refractivity contribution is -0.139. The highest BCUT2D eigenvalue weighted by molar-refractivity contribution is 6.03. The van der Waals surface area contributed by atoms with Gasteiger partial charge in [-0.05, 0) is 82.2 Å². The largest absolute Gasteiger partial charge is 0.478 e. The maximum absolute atomic E-state index is 13.9. The Morgan fingerprint density at radius 2 is 1.78 bits per heavy atom. The number of carboxylic acid groups (broad SMARTS) is 1. The lowest BCUT2D eigenvalue weighted by Gasteiger charge is -2.34. The molecule has 0 atom stereocenters. The molecule has 0 radical (unpaired) electrons. The average molecular weight is 580 g/mol. The molecule has 12 heteroatoms. The number of halogens is 3. The summed E-state index contributed by atoms with van der Waals surface area (Å²) in [5.74, 6) is -2.21. The third kappa shape index (κ3) is 7.89. The van der Waals surface area contributed by atoms with Gasteiger partial charge in [-0.2, -0.15) is 13.2 Å². The predicted octanol–water partition coefficient (Wildman–Crippen LogP) is 6.75. The number of hydrogen-bond donors (Lipinski definition) is 1. The van der Waals surface area contributed by atoms with E-state index in [0.717, 1.165) is 36.1 Å². The van der Waals surface area contributed by atoms with Crippen LogP contribution >= 0.6 is 0 Å². The van der Waals surface area contributed by atoms with Gasteiger partial charge in [-0.25, -0.2) is 14.6 Å². The molecule has 3 rings (SSSR count). The Balaban J connectivity index is 1.93. The number of benzene rings is 1. The molecule has 9 nitrogen and oxygen atoms in total. The molecule has 1 heterocycles. The fraction of sp³-hybridized carbons (Fsp3) is 0.517. The summed E-state index contributed by atoms with van der Waals surface area (Å²) in [6.45, 7) is 7.23. The molecular formula is C29H36F3N3O6. The monoisotopic (exact) mass is 579 g/mol. The number of ether oxygens (including phenoxy) is 2. The fourth-order valence-corrected chi connectivity index (χ4v) is 4.87. The Kier molecular flexibility index (Phi) is 10.2. The first-order chi connectivity index (χ1) is 19.2. The van der Waals surface area contributed by atoms with Gasteiger partial charge in [0.05, 0.1) is 24.4 Å². The van der Waals surface area contributed by atoms with E-state index >= 15 is 0 Å². The number of carbonyl (C=O) groups is 3. The SMILES string of the molecule is CCOC(=O)N(C)Cc1cnc(Oc2ccc(N(C(=O)[C@H]3CC[C@H](C)CC3)C(C)C)c(C(=O)O)c2)c(C(F)(F)F)c1. The van der Waals surface area contributed by atoms with Crippen LogP contribution in [0.2, 0.25) is 0 Å². The number of amides is 2. The standard InChI is InChI=1S/C29H36F3N3O6/c1-6-40-28(39)34(5)16-19-13-23(29(30,31)32)25(33-15-19)41-21-11-12-24(22(14-21)27(37)38)35(17(2)3)26(36)20-9-7-18(4)8-10-20/h11-15,17-18,20H,6-10,16H2,1-5H3,(H,37,38)/t18-,20-. The predicted molar refractivity (Wildman–Crippen MR) is 145 cm³/mol. The Hall–Kier alpha value is -3.83. The lowest BCUT2D eigenvalue weighted by Crippen LogP contribution is -2.42. The number of carbonyl (C=O) groups excluding carboxylic acids is 2. The number of carboxylic acids is 1. The van der Waals surface area contributed by atoms with E-state index in [0.29, 0.717) is 18.8 Å². The second kappa shape index (κ2) is 13.2. The van der Waals surface area contributed by atoms with E-state index in [1.165, 1.54) is 24.1 Å². The zero-order chi connectivity index (χ0) is 30.5. The molecule has 0 aliphatic heterocycles. The maximum Gasteiger partial charge on any atom is 0.421 e. The molecule has 1 saturated carbocycles. The molecule has 2 aromatic rings. The maximum atomic E-state index is 13.9. The minimum absolute atomic E-state index is 0.0880. The highest BCUT2D eigenvalue weighted by Gasteiger charge is 2.37. The lowest BCUT2D eigenvalue weighted by atomic mass is 9.82. The summed E-state index contributed by atoms with van der Waals surface area (Å²) in [6, 6.07) is 4.24. The van der Waals surface area contributed by atoms with Gasteiger partial charge in [-0.1, -0.05) is 6.92 Å². The van der Waals surface area contributed by atoms with Crippen molar-refractivity contribution in [2.45, 2.75) is 72.1 Å². The topological polar surface area (TPSA) is 109 Å². The first-order valence-corrected chi connectivity index (χ1v) is 13.5. The van der Waals surface area contributed by atoms with Crippen LogP contribution in [-0.2, 0) is 22.3 Å². The molecule has 1 aromatic carbocycles. The second-order valence-electron chi connectivity index (χ2n) is 10.6. The Morgan fingerprint density at radius 3 is 2.34 bits per heavy atom. The van der Waals surface area contributed by atoms with Gasteiger partial charge in [-0.3, -0.25) is 4.79 Å². The van der Waals surface area contributed by atoms with E-state index in [2.05, 4.69) is 11.9 Å². The molecule has 0 bridgehead atoms. The van der Waals surface area contributed by atoms with Crippen LogP contribution in [0.1, 0.15) is 74.9 Å². The Morgan fingerprint density at radius 1 is 1.12 bits per heavy atom. The molecule has 41 heavy (non-hydrogen) atoms. The molecule has 1 aliphatic rings. The highest BCUT2D eigenvalue weighted by Crippen LogP contribution is 2.39. The smallest absolute Gasteiger partial charge is 0.421 e. The Bertz CT molecular complexity index is 1260. The van der Waals surface area contributed by atoms with Gasteiger partial charge in [0.15, 0.2) is 0 Å². The Labute approximate surface area is 237 Å². The van der Waals surface area contributed by atoms with Crippen LogP contribution in [0.25, 0.3) is 0 Å². The van der Waals surface area contributed by atoms with Crippen LogP contribution < -0.4 is 9.64 Å². The van der Waals surface area contributed by atoms with Gasteiger partial charge >= 0.3 is 18.2 Å². The van der Waals surface area contributed by atoms with Gasteiger partial charge in [0.1, 0.15) is 11.3 Å². The molecule has 1 aromatic heterocycles. The fourth-order valence-electron chi connectivity index (χ4n) is 4.87. The quantitative estimate of drug-likeness (QED) is 0.350. The van der Waals surface area contributed by atoms with Crippen LogP contribution in [0.5, 0.6) is 11.6 Å². The molecule has 1 N–H and O–H groups in total. The first kappa shape index (κ1) is 31.7. The van der Waals surface area contributed by atoms with Crippen molar-refractivity contribution in [3.05, 3.63) is 47.2 Å². The minimum atomic E-state index is -4.85. The van der Waals surface area contributed by atoms with Crippen molar-refractivity contribution in [1.29, 1.82) is 0 Å². The summed E-state index contributed by atoms with van der Waals surface area (Å²) in [7, 11) is 1.38. The molecular weight excluding hydrogens is 543 g/mol. The number of hydrogen-bond acceptors (Lipinski definition) is 6. The first-order valence-electron chi connectivity index (χ1n) is 13.5. The molecule has 0 saturated heterocycles. The van der Waals surface area contributed by atoms with Crippen molar-refractivity contribution in [2.24, 2.45) is 11.8 Å². The van der Waals surface area contributed by atoms with Crippen LogP contribution in [-0.4, -0.2) is 52.7 Å². The van der Waals surface area contributed by atoms with Crippen LogP contribution in [0.15, 0.2) is 30.5 Å². The van der Waals surface area contributed by atoms with Crippen molar-refractivity contribution in [3.63, 3.8) is 0 Å². The van der Waals surface area contributed by atoms with Crippen LogP contribution in [0.4, 0.5) is 23.7 Å². The van der Waals surface area contributed by atoms with E-state index < -0.39 is 29.7 Å². The van der Waals surface area contributed by atoms with Crippen LogP contribution in [0, 0.1) is 11.8 Å². The number of anilines is 1. The summed E-state index contributed by atoms with van der Waals surface area (Å²) < 4.78 is 52.1. The number of pyridine rings is 1. The number of alkyl halides is 3. The van der Waals surface area contributed by atoms with Crippen LogP contribution in [0.3, 0.4) is 0 Å². The summed E-state index contributed by atoms with van der Waals surface area (Å²) >= 11 is 0. The number of aromatic nitrogens is 1. The number of nitrogens with zero attached hydrogens (tertiary/aromatic N) is 3. The number of rotatable bonds is 9. The normalized spacial score (nSPS) is 17.2. The van der Waals surface area contributed by atoms with E-state index in [1.54, 1.807) is 20.8 Å². The minimum Gasteiger partial charge on any atom is -0.478 e. The molecule has 1 aliphatic carbocycles. The van der Waals surface area contributed by atoms with E-state index in [-0.39, 0.29) is 53.6 Å². The van der Waals surface area contributed by atoms with Crippen molar-refractivity contribution in [3.8, 4) is 11.6 Å². The zero-order valence-corrected chi connectivity index (χ0v) is 23.8. The molecule has 224 valence electrons. The molecule has 2 amide bonds. The summed E-state index contributed by atoms with van der Waals surface area (Å²) in [4.78, 5) is 43.9. The van der Waals surface area contributed by atoms with Gasteiger partial charge in [0, 0.05) is 25.2 Å². The van der Waals surface area contributed by atoms with E-state index in [4.69, 9.17) is 9.47 Å². The molecule has 0 spiro atoms. The second-order valence-corrected chi connectivity index (χ2v) is 10.6. The van der Waals surface area contributed by atoms with Gasteiger partial charge in [0.25, 0.3) is 0 Å². The average Bonchev–Trinajstić information content (AvgIpc) is 2.89. The summed E-state index contributed by atoms with van der Waals surface area (Å²) in [5, 5.41) is 9.97. The van der Waals surface area contributed by atoms with Gasteiger partial charge < -0.3 is 24.4 Å². The van der Waals surface area contributed by atoms with Crippen molar-refractivity contribution in [2.75, 3.05) is 18.6 Å². The van der Waals surface area contributed by atoms with E-state index in [1.807, 2.05) is 0 Å². The van der Waals surface area contributed by atoms with Crippen molar-refractivity contribution in [1.82, 2.24) is 9.88 Å². The van der Waals surface area contributed by atoms with Crippen molar-refractivity contribution >= 4 is 23.7 Å².